The lowest BCUT2D eigenvalue weighted by atomic mass is 10.2. The van der Waals surface area contributed by atoms with Crippen LogP contribution in [-0.4, -0.2) is 22.1 Å². The molecule has 0 aliphatic carbocycles. The van der Waals surface area contributed by atoms with Crippen LogP contribution in [0.15, 0.2) is 18.3 Å². The van der Waals surface area contributed by atoms with E-state index in [2.05, 4.69) is 24.1 Å². The highest BCUT2D eigenvalue weighted by molar-refractivity contribution is 5.85. The Balaban J connectivity index is 2.53. The molecule has 4 nitrogen and oxygen atoms in total. The molecule has 1 unspecified atom stereocenters. The Kier molecular flexibility index (Phi) is 4.24. The van der Waals surface area contributed by atoms with E-state index in [0.29, 0.717) is 6.04 Å². The van der Waals surface area contributed by atoms with Gasteiger partial charge in [-0.15, -0.1) is 0 Å². The van der Waals surface area contributed by atoms with Crippen molar-refractivity contribution in [3.8, 4) is 0 Å². The summed E-state index contributed by atoms with van der Waals surface area (Å²) >= 11 is 0. The summed E-state index contributed by atoms with van der Waals surface area (Å²) < 4.78 is 0. The van der Waals surface area contributed by atoms with Gasteiger partial charge in [-0.05, 0) is 25.0 Å². The van der Waals surface area contributed by atoms with Crippen molar-refractivity contribution >= 4 is 5.97 Å². The third-order valence-electron chi connectivity index (χ3n) is 2.31. The van der Waals surface area contributed by atoms with Crippen LogP contribution >= 0.6 is 0 Å². The number of carbonyl (C=O) groups is 1. The molecule has 1 atom stereocenters. The first-order valence-corrected chi connectivity index (χ1v) is 5.05. The van der Waals surface area contributed by atoms with Crippen LogP contribution in [0.2, 0.25) is 0 Å². The molecule has 15 heavy (non-hydrogen) atoms. The third-order valence-corrected chi connectivity index (χ3v) is 2.31. The van der Waals surface area contributed by atoms with E-state index in [-0.39, 0.29) is 5.69 Å². The first-order chi connectivity index (χ1) is 7.13. The van der Waals surface area contributed by atoms with Crippen LogP contribution in [0, 0.1) is 0 Å². The Morgan fingerprint density at radius 2 is 2.33 bits per heavy atom. The molecule has 2 N–H and O–H groups in total. The molecule has 0 fully saturated rings. The third kappa shape index (κ3) is 3.67. The van der Waals surface area contributed by atoms with Crippen LogP contribution in [0.3, 0.4) is 0 Å². The Morgan fingerprint density at radius 1 is 1.60 bits per heavy atom. The minimum absolute atomic E-state index is 0.0855. The largest absolute Gasteiger partial charge is 0.477 e. The van der Waals surface area contributed by atoms with Gasteiger partial charge < -0.3 is 10.4 Å². The number of nitrogens with one attached hydrogen (secondary N) is 1. The second-order valence-electron chi connectivity index (χ2n) is 3.55. The number of aromatic carboxylic acids is 1. The maximum absolute atomic E-state index is 10.5. The van der Waals surface area contributed by atoms with Gasteiger partial charge in [-0.1, -0.05) is 13.0 Å². The molecule has 1 aromatic rings. The molecule has 1 aromatic heterocycles. The normalized spacial score (nSPS) is 12.4. The summed E-state index contributed by atoms with van der Waals surface area (Å²) in [5.41, 5.74) is 1.09. The molecule has 0 radical (unpaired) electrons. The second-order valence-corrected chi connectivity index (χ2v) is 3.55. The van der Waals surface area contributed by atoms with E-state index in [1.54, 1.807) is 12.3 Å². The summed E-state index contributed by atoms with van der Waals surface area (Å²) in [6.07, 6.45) is 2.67. The zero-order chi connectivity index (χ0) is 11.3. The van der Waals surface area contributed by atoms with E-state index >= 15 is 0 Å². The number of hydrogen-bond acceptors (Lipinski definition) is 3. The average Bonchev–Trinajstić information content (AvgIpc) is 2.26. The fourth-order valence-corrected chi connectivity index (χ4v) is 1.09. The van der Waals surface area contributed by atoms with E-state index in [4.69, 9.17) is 5.11 Å². The highest BCUT2D eigenvalue weighted by atomic mass is 16.4. The van der Waals surface area contributed by atoms with Crippen LogP contribution in [0.1, 0.15) is 36.3 Å². The van der Waals surface area contributed by atoms with Gasteiger partial charge in [-0.2, -0.15) is 0 Å². The van der Waals surface area contributed by atoms with E-state index in [9.17, 15) is 4.79 Å². The number of carboxylic acid groups (broad SMARTS) is 1. The molecule has 0 spiro atoms. The maximum atomic E-state index is 10.5. The van der Waals surface area contributed by atoms with Crippen molar-refractivity contribution in [3.05, 3.63) is 29.6 Å². The molecule has 1 heterocycles. The predicted octanol–water partition coefficient (Wildman–Crippen LogP) is 1.67. The first-order valence-electron chi connectivity index (χ1n) is 5.05. The van der Waals surface area contributed by atoms with Gasteiger partial charge in [0.05, 0.1) is 0 Å². The van der Waals surface area contributed by atoms with E-state index < -0.39 is 5.97 Å². The average molecular weight is 208 g/mol. The van der Waals surface area contributed by atoms with Crippen molar-refractivity contribution in [2.75, 3.05) is 0 Å². The first kappa shape index (κ1) is 11.7. The van der Waals surface area contributed by atoms with Gasteiger partial charge in [0.15, 0.2) is 0 Å². The molecule has 0 saturated heterocycles. The molecule has 0 aliphatic rings. The summed E-state index contributed by atoms with van der Waals surface area (Å²) in [7, 11) is 0. The monoisotopic (exact) mass is 208 g/mol. The van der Waals surface area contributed by atoms with Crippen molar-refractivity contribution in [2.45, 2.75) is 32.9 Å². The minimum atomic E-state index is -0.989. The van der Waals surface area contributed by atoms with Crippen LogP contribution in [0.25, 0.3) is 0 Å². The SMILES string of the molecule is CCC(C)NCc1ccc(C(=O)O)nc1. The summed E-state index contributed by atoms with van der Waals surface area (Å²) in [6.45, 7) is 4.95. The quantitative estimate of drug-likeness (QED) is 0.772. The number of rotatable bonds is 5. The number of pyridine rings is 1. The second kappa shape index (κ2) is 5.46. The van der Waals surface area contributed by atoms with Gasteiger partial charge in [-0.3, -0.25) is 0 Å². The Morgan fingerprint density at radius 3 is 2.80 bits per heavy atom. The molecule has 0 amide bonds. The lowest BCUT2D eigenvalue weighted by Gasteiger charge is -2.10. The van der Waals surface area contributed by atoms with Gasteiger partial charge in [0.2, 0.25) is 0 Å². The van der Waals surface area contributed by atoms with Crippen LogP contribution in [0.5, 0.6) is 0 Å². The summed E-state index contributed by atoms with van der Waals surface area (Å²) in [5, 5.41) is 12.0. The molecule has 0 aliphatic heterocycles. The molecule has 0 aromatic carbocycles. The fourth-order valence-electron chi connectivity index (χ4n) is 1.09. The number of carboxylic acids is 1. The topological polar surface area (TPSA) is 62.2 Å². The number of aromatic nitrogens is 1. The molecule has 0 saturated carbocycles. The van der Waals surface area contributed by atoms with Crippen LogP contribution < -0.4 is 5.32 Å². The van der Waals surface area contributed by atoms with Crippen molar-refractivity contribution in [2.24, 2.45) is 0 Å². The molecular weight excluding hydrogens is 192 g/mol. The minimum Gasteiger partial charge on any atom is -0.477 e. The Hall–Kier alpha value is -1.42. The summed E-state index contributed by atoms with van der Waals surface area (Å²) in [4.78, 5) is 14.4. The van der Waals surface area contributed by atoms with E-state index in [0.717, 1.165) is 18.5 Å². The highest BCUT2D eigenvalue weighted by Gasteiger charge is 2.03. The highest BCUT2D eigenvalue weighted by Crippen LogP contribution is 2.01. The zero-order valence-electron chi connectivity index (χ0n) is 9.03. The smallest absolute Gasteiger partial charge is 0.354 e. The summed E-state index contributed by atoms with van der Waals surface area (Å²) in [5.74, 6) is -0.989. The van der Waals surface area contributed by atoms with Gasteiger partial charge in [0, 0.05) is 18.8 Å². The van der Waals surface area contributed by atoms with E-state index in [1.807, 2.05) is 0 Å². The molecule has 82 valence electrons. The summed E-state index contributed by atoms with van der Waals surface area (Å²) in [6, 6.07) is 3.77. The lowest BCUT2D eigenvalue weighted by molar-refractivity contribution is 0.0690. The maximum Gasteiger partial charge on any atom is 0.354 e. The molecule has 0 bridgehead atoms. The van der Waals surface area contributed by atoms with Crippen molar-refractivity contribution in [1.29, 1.82) is 0 Å². The fraction of sp³-hybridized carbons (Fsp3) is 0.455. The van der Waals surface area contributed by atoms with Crippen molar-refractivity contribution in [3.63, 3.8) is 0 Å². The Labute approximate surface area is 89.3 Å². The number of hydrogen-bond donors (Lipinski definition) is 2. The van der Waals surface area contributed by atoms with Gasteiger partial charge in [0.25, 0.3) is 0 Å². The lowest BCUT2D eigenvalue weighted by Crippen LogP contribution is -2.24. The van der Waals surface area contributed by atoms with Gasteiger partial charge in [0.1, 0.15) is 5.69 Å². The molecule has 4 heteroatoms. The van der Waals surface area contributed by atoms with Crippen molar-refractivity contribution < 1.29 is 9.90 Å². The van der Waals surface area contributed by atoms with Gasteiger partial charge >= 0.3 is 5.97 Å². The molecule has 1 rings (SSSR count). The van der Waals surface area contributed by atoms with E-state index in [1.165, 1.54) is 6.07 Å². The number of nitrogens with zero attached hydrogens (tertiary/aromatic N) is 1. The van der Waals surface area contributed by atoms with Crippen LogP contribution in [-0.2, 0) is 6.54 Å². The van der Waals surface area contributed by atoms with Crippen LogP contribution in [0.4, 0.5) is 0 Å². The van der Waals surface area contributed by atoms with Crippen molar-refractivity contribution in [1.82, 2.24) is 10.3 Å². The zero-order valence-corrected chi connectivity index (χ0v) is 9.03. The Bertz CT molecular complexity index is 322. The standard InChI is InChI=1S/C11H16N2O2/c1-3-8(2)12-6-9-4-5-10(11(14)15)13-7-9/h4-5,7-8,12H,3,6H2,1-2H3,(H,14,15). The van der Waals surface area contributed by atoms with Gasteiger partial charge in [-0.25, -0.2) is 9.78 Å². The predicted molar refractivity (Wildman–Crippen MR) is 57.8 cm³/mol. The molecular formula is C11H16N2O2.